The SMILES string of the molecule is O=c1c(Cl)cc(C(F)(F)F)cn1CC1OCCO1. The topological polar surface area (TPSA) is 40.5 Å². The molecule has 1 fully saturated rings. The normalized spacial score (nSPS) is 17.3. The van der Waals surface area contributed by atoms with Gasteiger partial charge in [0.05, 0.1) is 25.3 Å². The Balaban J connectivity index is 2.33. The highest BCUT2D eigenvalue weighted by Gasteiger charge is 2.32. The van der Waals surface area contributed by atoms with Gasteiger partial charge in [-0.25, -0.2) is 0 Å². The standard InChI is InChI=1S/C10H9ClF3NO3/c11-7-3-6(10(12,13)14)4-15(9(7)16)5-8-17-1-2-18-8/h3-4,8H,1-2,5H2. The van der Waals surface area contributed by atoms with E-state index in [1.807, 2.05) is 0 Å². The number of alkyl halides is 3. The Morgan fingerprint density at radius 2 is 2.00 bits per heavy atom. The minimum atomic E-state index is -4.56. The summed E-state index contributed by atoms with van der Waals surface area (Å²) >= 11 is 5.50. The highest BCUT2D eigenvalue weighted by Crippen LogP contribution is 2.29. The molecule has 1 aromatic heterocycles. The minimum absolute atomic E-state index is 0.123. The van der Waals surface area contributed by atoms with E-state index in [-0.39, 0.29) is 6.54 Å². The van der Waals surface area contributed by atoms with Crippen molar-refractivity contribution in [3.63, 3.8) is 0 Å². The Labute approximate surface area is 105 Å². The van der Waals surface area contributed by atoms with Crippen LogP contribution in [-0.4, -0.2) is 24.1 Å². The summed E-state index contributed by atoms with van der Waals surface area (Å²) in [6.45, 7) is 0.584. The fourth-order valence-electron chi connectivity index (χ4n) is 1.56. The summed E-state index contributed by atoms with van der Waals surface area (Å²) in [6, 6.07) is 0.608. The van der Waals surface area contributed by atoms with E-state index in [1.165, 1.54) is 0 Å². The number of nitrogens with zero attached hydrogens (tertiary/aromatic N) is 1. The molecule has 1 aliphatic rings. The van der Waals surface area contributed by atoms with Gasteiger partial charge in [0.2, 0.25) is 0 Å². The molecule has 1 aromatic rings. The number of hydrogen-bond donors (Lipinski definition) is 0. The second-order valence-corrected chi connectivity index (χ2v) is 4.11. The van der Waals surface area contributed by atoms with Gasteiger partial charge in [-0.1, -0.05) is 11.6 Å². The summed E-state index contributed by atoms with van der Waals surface area (Å²) in [7, 11) is 0. The average Bonchev–Trinajstić information content (AvgIpc) is 2.75. The lowest BCUT2D eigenvalue weighted by Crippen LogP contribution is -2.28. The lowest BCUT2D eigenvalue weighted by atomic mass is 10.2. The smallest absolute Gasteiger partial charge is 0.348 e. The molecule has 0 N–H and O–H groups in total. The zero-order valence-electron chi connectivity index (χ0n) is 9.04. The van der Waals surface area contributed by atoms with E-state index in [0.29, 0.717) is 25.5 Å². The number of ether oxygens (including phenoxy) is 2. The van der Waals surface area contributed by atoms with E-state index in [1.54, 1.807) is 0 Å². The predicted octanol–water partition coefficient (Wildman–Crippen LogP) is 1.89. The number of pyridine rings is 1. The summed E-state index contributed by atoms with van der Waals surface area (Å²) in [5.74, 6) is 0. The van der Waals surface area contributed by atoms with Gasteiger partial charge in [0.25, 0.3) is 5.56 Å². The van der Waals surface area contributed by atoms with Crippen molar-refractivity contribution >= 4 is 11.6 Å². The molecule has 0 radical (unpaired) electrons. The first kappa shape index (κ1) is 13.4. The maximum Gasteiger partial charge on any atom is 0.417 e. The van der Waals surface area contributed by atoms with E-state index < -0.39 is 28.6 Å². The Hall–Kier alpha value is -1.05. The van der Waals surface area contributed by atoms with Crippen molar-refractivity contribution in [2.24, 2.45) is 0 Å². The van der Waals surface area contributed by atoms with Crippen molar-refractivity contribution in [3.8, 4) is 0 Å². The van der Waals surface area contributed by atoms with Crippen LogP contribution in [0.15, 0.2) is 17.1 Å². The fraction of sp³-hybridized carbons (Fsp3) is 0.500. The van der Waals surface area contributed by atoms with Crippen LogP contribution in [0.25, 0.3) is 0 Å². The summed E-state index contributed by atoms with van der Waals surface area (Å²) in [4.78, 5) is 11.6. The third-order valence-electron chi connectivity index (χ3n) is 2.41. The van der Waals surface area contributed by atoms with Crippen LogP contribution in [0.1, 0.15) is 5.56 Å². The molecule has 100 valence electrons. The largest absolute Gasteiger partial charge is 0.417 e. The number of hydrogen-bond acceptors (Lipinski definition) is 3. The Morgan fingerprint density at radius 3 is 2.56 bits per heavy atom. The molecule has 1 aliphatic heterocycles. The fourth-order valence-corrected chi connectivity index (χ4v) is 1.79. The first-order valence-corrected chi connectivity index (χ1v) is 5.46. The first-order chi connectivity index (χ1) is 8.38. The van der Waals surface area contributed by atoms with Crippen LogP contribution in [-0.2, 0) is 22.2 Å². The van der Waals surface area contributed by atoms with Crippen molar-refractivity contribution in [1.82, 2.24) is 4.57 Å². The molecule has 0 saturated carbocycles. The summed E-state index contributed by atoms with van der Waals surface area (Å²) in [5.41, 5.74) is -1.69. The Bertz CT molecular complexity index is 494. The van der Waals surface area contributed by atoms with E-state index >= 15 is 0 Å². The van der Waals surface area contributed by atoms with E-state index in [0.717, 1.165) is 4.57 Å². The number of rotatable bonds is 2. The van der Waals surface area contributed by atoms with Gasteiger partial charge in [0, 0.05) is 6.20 Å². The van der Waals surface area contributed by atoms with Crippen LogP contribution in [0.2, 0.25) is 5.02 Å². The third kappa shape index (κ3) is 2.85. The molecule has 0 aromatic carbocycles. The molecular formula is C10H9ClF3NO3. The zero-order valence-corrected chi connectivity index (χ0v) is 9.79. The second kappa shape index (κ2) is 4.91. The van der Waals surface area contributed by atoms with Gasteiger partial charge in [0.1, 0.15) is 5.02 Å². The Morgan fingerprint density at radius 1 is 1.39 bits per heavy atom. The molecular weight excluding hydrogens is 275 g/mol. The van der Waals surface area contributed by atoms with Gasteiger partial charge in [-0.05, 0) is 6.07 Å². The molecule has 0 aliphatic carbocycles. The van der Waals surface area contributed by atoms with Crippen LogP contribution >= 0.6 is 11.6 Å². The molecule has 0 bridgehead atoms. The van der Waals surface area contributed by atoms with Gasteiger partial charge < -0.3 is 14.0 Å². The second-order valence-electron chi connectivity index (χ2n) is 3.70. The number of aromatic nitrogens is 1. The van der Waals surface area contributed by atoms with Crippen LogP contribution < -0.4 is 5.56 Å². The maximum absolute atomic E-state index is 12.6. The van der Waals surface area contributed by atoms with Crippen LogP contribution in [0.4, 0.5) is 13.2 Å². The van der Waals surface area contributed by atoms with E-state index in [2.05, 4.69) is 0 Å². The molecule has 1 saturated heterocycles. The van der Waals surface area contributed by atoms with Crippen LogP contribution in [0.5, 0.6) is 0 Å². The highest BCUT2D eigenvalue weighted by atomic mass is 35.5. The summed E-state index contributed by atoms with van der Waals surface area (Å²) < 4.78 is 48.7. The van der Waals surface area contributed by atoms with Crippen molar-refractivity contribution in [2.75, 3.05) is 13.2 Å². The van der Waals surface area contributed by atoms with Crippen molar-refractivity contribution in [2.45, 2.75) is 19.0 Å². The third-order valence-corrected chi connectivity index (χ3v) is 2.68. The van der Waals surface area contributed by atoms with Crippen molar-refractivity contribution in [3.05, 3.63) is 33.2 Å². The number of halogens is 4. The summed E-state index contributed by atoms with van der Waals surface area (Å²) in [6.07, 6.45) is -4.57. The molecule has 0 unspecified atom stereocenters. The lowest BCUT2D eigenvalue weighted by Gasteiger charge is -2.14. The van der Waals surface area contributed by atoms with Crippen LogP contribution in [0.3, 0.4) is 0 Å². The molecule has 2 rings (SSSR count). The highest BCUT2D eigenvalue weighted by molar-refractivity contribution is 6.30. The molecule has 0 atom stereocenters. The minimum Gasteiger partial charge on any atom is -0.348 e. The quantitative estimate of drug-likeness (QED) is 0.832. The van der Waals surface area contributed by atoms with E-state index in [4.69, 9.17) is 21.1 Å². The molecule has 18 heavy (non-hydrogen) atoms. The molecule has 0 amide bonds. The Kier molecular flexibility index (Phi) is 3.65. The molecule has 8 heteroatoms. The van der Waals surface area contributed by atoms with Gasteiger partial charge >= 0.3 is 6.18 Å². The first-order valence-electron chi connectivity index (χ1n) is 5.08. The zero-order chi connectivity index (χ0) is 13.3. The van der Waals surface area contributed by atoms with Gasteiger partial charge in [-0.2, -0.15) is 13.2 Å². The molecule has 4 nitrogen and oxygen atoms in total. The van der Waals surface area contributed by atoms with Crippen molar-refractivity contribution in [1.29, 1.82) is 0 Å². The summed E-state index contributed by atoms with van der Waals surface area (Å²) in [5, 5.41) is -0.483. The predicted molar refractivity (Wildman–Crippen MR) is 56.4 cm³/mol. The molecule has 0 spiro atoms. The van der Waals surface area contributed by atoms with Gasteiger partial charge in [-0.15, -0.1) is 0 Å². The van der Waals surface area contributed by atoms with Gasteiger partial charge in [-0.3, -0.25) is 4.79 Å². The van der Waals surface area contributed by atoms with E-state index in [9.17, 15) is 18.0 Å². The molecule has 2 heterocycles. The lowest BCUT2D eigenvalue weighted by molar-refractivity contribution is -0.138. The average molecular weight is 284 g/mol. The van der Waals surface area contributed by atoms with Crippen molar-refractivity contribution < 1.29 is 22.6 Å². The van der Waals surface area contributed by atoms with Crippen LogP contribution in [0, 0.1) is 0 Å². The monoisotopic (exact) mass is 283 g/mol. The van der Waals surface area contributed by atoms with Gasteiger partial charge in [0.15, 0.2) is 6.29 Å². The maximum atomic E-state index is 12.6.